The van der Waals surface area contributed by atoms with Crippen molar-refractivity contribution in [3.63, 3.8) is 0 Å². The second kappa shape index (κ2) is 11.7. The molecule has 1 rings (SSSR count). The monoisotopic (exact) mass is 456 g/mol. The number of rotatable bonds is 5. The van der Waals surface area contributed by atoms with Crippen LogP contribution in [0.2, 0.25) is 0 Å². The fourth-order valence-corrected chi connectivity index (χ4v) is 2.46. The average molecular weight is 456 g/mol. The number of alkyl carbamates (subject to hydrolysis) is 1. The Morgan fingerprint density at radius 3 is 2.29 bits per heavy atom. The highest BCUT2D eigenvalue weighted by atomic mass is 127. The number of nitrogens with one attached hydrogen (secondary N) is 2. The number of likely N-dealkylation sites (tertiary alicyclic amines) is 1. The summed E-state index contributed by atoms with van der Waals surface area (Å²) in [5.74, 6) is 0.867. The Balaban J connectivity index is 0.00000529. The standard InChI is InChI=1S/C16H32N4O3.HI/c1-6-22-13-7-11-20(12-8-13)14(17-5)18-9-10-19-15(21)23-16(2,3)4;/h13H,6-12H2,1-5H3,(H,17,18)(H,19,21);1H. The van der Waals surface area contributed by atoms with Crippen molar-refractivity contribution in [1.82, 2.24) is 15.5 Å². The minimum absolute atomic E-state index is 0. The molecule has 0 unspecified atom stereocenters. The quantitative estimate of drug-likeness (QED) is 0.287. The number of hydrogen-bond acceptors (Lipinski definition) is 4. The van der Waals surface area contributed by atoms with Crippen LogP contribution in [0.15, 0.2) is 4.99 Å². The lowest BCUT2D eigenvalue weighted by molar-refractivity contribution is 0.0263. The van der Waals surface area contributed by atoms with Crippen molar-refractivity contribution in [3.05, 3.63) is 0 Å². The molecule has 8 heteroatoms. The molecule has 0 radical (unpaired) electrons. The molecular formula is C16H33IN4O3. The van der Waals surface area contributed by atoms with Crippen LogP contribution in [0.5, 0.6) is 0 Å². The number of piperidine rings is 1. The third-order valence-electron chi connectivity index (χ3n) is 3.43. The highest BCUT2D eigenvalue weighted by molar-refractivity contribution is 14.0. The van der Waals surface area contributed by atoms with Crippen molar-refractivity contribution in [2.75, 3.05) is 39.8 Å². The third kappa shape index (κ3) is 9.51. The van der Waals surface area contributed by atoms with E-state index in [0.29, 0.717) is 19.2 Å². The summed E-state index contributed by atoms with van der Waals surface area (Å²) in [4.78, 5) is 18.1. The molecule has 1 heterocycles. The van der Waals surface area contributed by atoms with Gasteiger partial charge in [-0.2, -0.15) is 0 Å². The largest absolute Gasteiger partial charge is 0.444 e. The zero-order chi connectivity index (χ0) is 17.3. The fourth-order valence-electron chi connectivity index (χ4n) is 2.46. The molecule has 0 aromatic rings. The summed E-state index contributed by atoms with van der Waals surface area (Å²) in [7, 11) is 1.78. The molecular weight excluding hydrogens is 423 g/mol. The summed E-state index contributed by atoms with van der Waals surface area (Å²) in [6, 6.07) is 0. The fraction of sp³-hybridized carbons (Fsp3) is 0.875. The predicted octanol–water partition coefficient (Wildman–Crippen LogP) is 2.21. The van der Waals surface area contributed by atoms with Crippen LogP contribution < -0.4 is 10.6 Å². The Bertz CT molecular complexity index is 391. The molecule has 24 heavy (non-hydrogen) atoms. The van der Waals surface area contributed by atoms with E-state index in [4.69, 9.17) is 9.47 Å². The van der Waals surface area contributed by atoms with Gasteiger partial charge in [0.1, 0.15) is 5.60 Å². The van der Waals surface area contributed by atoms with E-state index in [1.165, 1.54) is 0 Å². The molecule has 142 valence electrons. The zero-order valence-corrected chi connectivity index (χ0v) is 17.9. The van der Waals surface area contributed by atoms with E-state index in [1.54, 1.807) is 7.05 Å². The second-order valence-electron chi connectivity index (χ2n) is 6.54. The van der Waals surface area contributed by atoms with E-state index in [-0.39, 0.29) is 24.0 Å². The smallest absolute Gasteiger partial charge is 0.407 e. The van der Waals surface area contributed by atoms with Crippen LogP contribution in [0.3, 0.4) is 0 Å². The lowest BCUT2D eigenvalue weighted by Crippen LogP contribution is -2.48. The van der Waals surface area contributed by atoms with Gasteiger partial charge in [-0.3, -0.25) is 4.99 Å². The maximum atomic E-state index is 11.6. The van der Waals surface area contributed by atoms with Crippen LogP contribution in [0.4, 0.5) is 4.79 Å². The molecule has 1 fully saturated rings. The molecule has 1 amide bonds. The average Bonchev–Trinajstić information content (AvgIpc) is 2.47. The minimum Gasteiger partial charge on any atom is -0.444 e. The first kappa shape index (κ1) is 23.2. The summed E-state index contributed by atoms with van der Waals surface area (Å²) in [5.41, 5.74) is -0.474. The van der Waals surface area contributed by atoms with E-state index in [0.717, 1.165) is 38.5 Å². The molecule has 0 aromatic heterocycles. The van der Waals surface area contributed by atoms with Gasteiger partial charge >= 0.3 is 6.09 Å². The van der Waals surface area contributed by atoms with E-state index >= 15 is 0 Å². The molecule has 0 atom stereocenters. The minimum atomic E-state index is -0.474. The Morgan fingerprint density at radius 1 is 1.21 bits per heavy atom. The number of halogens is 1. The number of hydrogen-bond donors (Lipinski definition) is 2. The molecule has 1 aliphatic heterocycles. The van der Waals surface area contributed by atoms with Crippen molar-refractivity contribution in [3.8, 4) is 0 Å². The van der Waals surface area contributed by atoms with Gasteiger partial charge in [0.25, 0.3) is 0 Å². The van der Waals surface area contributed by atoms with E-state index < -0.39 is 11.7 Å². The Morgan fingerprint density at radius 2 is 1.79 bits per heavy atom. The highest BCUT2D eigenvalue weighted by Crippen LogP contribution is 2.13. The molecule has 0 aromatic carbocycles. The Hall–Kier alpha value is -0.770. The van der Waals surface area contributed by atoms with Gasteiger partial charge in [0.2, 0.25) is 0 Å². The topological polar surface area (TPSA) is 75.2 Å². The lowest BCUT2D eigenvalue weighted by atomic mass is 10.1. The number of carbonyl (C=O) groups excluding carboxylic acids is 1. The van der Waals surface area contributed by atoms with Crippen LogP contribution in [-0.2, 0) is 9.47 Å². The molecule has 1 aliphatic rings. The van der Waals surface area contributed by atoms with Gasteiger partial charge in [0.05, 0.1) is 6.10 Å². The first-order chi connectivity index (χ1) is 10.9. The number of ether oxygens (including phenoxy) is 2. The van der Waals surface area contributed by atoms with Crippen molar-refractivity contribution in [2.45, 2.75) is 52.2 Å². The first-order valence-corrected chi connectivity index (χ1v) is 8.39. The third-order valence-corrected chi connectivity index (χ3v) is 3.43. The first-order valence-electron chi connectivity index (χ1n) is 8.39. The molecule has 2 N–H and O–H groups in total. The Kier molecular flexibility index (Phi) is 11.4. The molecule has 0 spiro atoms. The molecule has 0 saturated carbocycles. The highest BCUT2D eigenvalue weighted by Gasteiger charge is 2.21. The van der Waals surface area contributed by atoms with Crippen LogP contribution in [0, 0.1) is 0 Å². The summed E-state index contributed by atoms with van der Waals surface area (Å²) < 4.78 is 10.9. The summed E-state index contributed by atoms with van der Waals surface area (Å²) in [6.45, 7) is 11.3. The lowest BCUT2D eigenvalue weighted by Gasteiger charge is -2.34. The van der Waals surface area contributed by atoms with Gasteiger partial charge < -0.3 is 25.0 Å². The van der Waals surface area contributed by atoms with Crippen LogP contribution in [0.25, 0.3) is 0 Å². The second-order valence-corrected chi connectivity index (χ2v) is 6.54. The van der Waals surface area contributed by atoms with Crippen molar-refractivity contribution < 1.29 is 14.3 Å². The van der Waals surface area contributed by atoms with Gasteiger partial charge in [0, 0.05) is 39.8 Å². The summed E-state index contributed by atoms with van der Waals surface area (Å²) in [5, 5.41) is 6.00. The molecule has 0 aliphatic carbocycles. The number of aliphatic imine (C=N–C) groups is 1. The van der Waals surface area contributed by atoms with Crippen LogP contribution in [-0.4, -0.2) is 68.5 Å². The SMILES string of the molecule is CCOC1CCN(C(=NC)NCCNC(=O)OC(C)(C)C)CC1.I. The molecule has 1 saturated heterocycles. The van der Waals surface area contributed by atoms with Gasteiger partial charge in [-0.1, -0.05) is 0 Å². The van der Waals surface area contributed by atoms with E-state index in [9.17, 15) is 4.79 Å². The van der Waals surface area contributed by atoms with Crippen LogP contribution in [0.1, 0.15) is 40.5 Å². The van der Waals surface area contributed by atoms with E-state index in [1.807, 2.05) is 27.7 Å². The van der Waals surface area contributed by atoms with Crippen LogP contribution >= 0.6 is 24.0 Å². The van der Waals surface area contributed by atoms with Gasteiger partial charge in [-0.05, 0) is 40.5 Å². The Labute approximate surface area is 162 Å². The molecule has 0 bridgehead atoms. The van der Waals surface area contributed by atoms with E-state index in [2.05, 4.69) is 20.5 Å². The number of guanidine groups is 1. The maximum Gasteiger partial charge on any atom is 0.407 e. The number of amides is 1. The van der Waals surface area contributed by atoms with Crippen molar-refractivity contribution in [1.29, 1.82) is 0 Å². The van der Waals surface area contributed by atoms with Gasteiger partial charge in [-0.25, -0.2) is 4.79 Å². The maximum absolute atomic E-state index is 11.6. The number of nitrogens with zero attached hydrogens (tertiary/aromatic N) is 2. The zero-order valence-electron chi connectivity index (χ0n) is 15.6. The predicted molar refractivity (Wildman–Crippen MR) is 107 cm³/mol. The molecule has 7 nitrogen and oxygen atoms in total. The van der Waals surface area contributed by atoms with Crippen molar-refractivity contribution in [2.24, 2.45) is 4.99 Å². The normalized spacial score (nSPS) is 16.4. The summed E-state index contributed by atoms with van der Waals surface area (Å²) >= 11 is 0. The van der Waals surface area contributed by atoms with Gasteiger partial charge in [-0.15, -0.1) is 24.0 Å². The van der Waals surface area contributed by atoms with Gasteiger partial charge in [0.15, 0.2) is 5.96 Å². The number of carbonyl (C=O) groups is 1. The summed E-state index contributed by atoms with van der Waals surface area (Å²) in [6.07, 6.45) is 2.00. The van der Waals surface area contributed by atoms with Crippen molar-refractivity contribution >= 4 is 36.0 Å².